The van der Waals surface area contributed by atoms with Crippen LogP contribution in [-0.2, 0) is 4.79 Å². The first-order chi connectivity index (χ1) is 16.3. The van der Waals surface area contributed by atoms with E-state index in [1.165, 1.54) is 56.4 Å². The van der Waals surface area contributed by atoms with Crippen molar-refractivity contribution in [1.29, 1.82) is 0 Å². The summed E-state index contributed by atoms with van der Waals surface area (Å²) in [6.07, 6.45) is 8.64. The van der Waals surface area contributed by atoms with Crippen molar-refractivity contribution in [3.8, 4) is 11.5 Å². The van der Waals surface area contributed by atoms with E-state index < -0.39 is 17.8 Å². The number of carboxylic acid groups (broad SMARTS) is 1. The quantitative estimate of drug-likeness (QED) is 0.118. The minimum absolute atomic E-state index is 0.0737. The molecule has 0 aliphatic carbocycles. The van der Waals surface area contributed by atoms with E-state index in [0.29, 0.717) is 6.42 Å². The Labute approximate surface area is 199 Å². The molecular formula is C24H36N4O6. The van der Waals surface area contributed by atoms with Crippen LogP contribution >= 0.6 is 0 Å². The second-order valence-corrected chi connectivity index (χ2v) is 7.25. The van der Waals surface area contributed by atoms with Gasteiger partial charge in [0.1, 0.15) is 11.5 Å². The van der Waals surface area contributed by atoms with Crippen molar-refractivity contribution in [1.82, 2.24) is 10.9 Å². The molecule has 0 radical (unpaired) electrons. The Balaban J connectivity index is 0.000000481. The number of para-hydroxylation sites is 2. The molecule has 0 aromatic heterocycles. The molecule has 2 amide bonds. The minimum atomic E-state index is -0.663. The average Bonchev–Trinajstić information content (AvgIpc) is 2.84. The number of benzene rings is 2. The summed E-state index contributed by atoms with van der Waals surface area (Å²) in [6.45, 7) is 2.20. The molecule has 0 spiro atoms. The monoisotopic (exact) mass is 476 g/mol. The molecule has 9 N–H and O–H groups in total. The molecule has 0 fully saturated rings. The average molecular weight is 477 g/mol. The number of hydrogen-bond acceptors (Lipinski definition) is 7. The number of carbonyl (C=O) groups is 3. The predicted molar refractivity (Wildman–Crippen MR) is 130 cm³/mol. The van der Waals surface area contributed by atoms with Gasteiger partial charge in [-0.25, -0.2) is 11.7 Å². The standard InChI is InChI=1S/C10H20O2.2C7H8N2O2/c1-2-3-4-5-6-7-8-9-10(11)12;2*8-9-7(11)5-3-1-2-4-6(5)10/h2-9H2,1H3,(H,11,12);2*1-4,10H,8H2,(H,9,11). The number of nitrogens with two attached hydrogens (primary N) is 2. The molecule has 0 saturated heterocycles. The lowest BCUT2D eigenvalue weighted by atomic mass is 10.1. The number of hydrogen-bond donors (Lipinski definition) is 7. The molecule has 2 aromatic carbocycles. The molecule has 0 atom stereocenters. The van der Waals surface area contributed by atoms with Gasteiger partial charge < -0.3 is 15.3 Å². The zero-order chi connectivity index (χ0) is 25.8. The van der Waals surface area contributed by atoms with Crippen molar-refractivity contribution in [3.05, 3.63) is 59.7 Å². The molecule has 0 bridgehead atoms. The Morgan fingerprint density at radius 1 is 0.706 bits per heavy atom. The molecule has 0 aliphatic heterocycles. The Morgan fingerprint density at radius 3 is 1.44 bits per heavy atom. The van der Waals surface area contributed by atoms with E-state index in [9.17, 15) is 14.4 Å². The predicted octanol–water partition coefficient (Wildman–Crippen LogP) is 3.20. The summed E-state index contributed by atoms with van der Waals surface area (Å²) in [4.78, 5) is 31.8. The van der Waals surface area contributed by atoms with Gasteiger partial charge in [-0.15, -0.1) is 0 Å². The SMILES string of the molecule is CCCCCCCCCC(=O)O.NNC(=O)c1ccccc1O.NNC(=O)c1ccccc1O. The number of carboxylic acids is 1. The number of rotatable bonds is 10. The fourth-order valence-electron chi connectivity index (χ4n) is 2.72. The van der Waals surface area contributed by atoms with Crippen LogP contribution in [0.25, 0.3) is 0 Å². The third-order valence-electron chi connectivity index (χ3n) is 4.55. The summed E-state index contributed by atoms with van der Waals surface area (Å²) in [5.74, 6) is 7.92. The maximum absolute atomic E-state index is 10.8. The van der Waals surface area contributed by atoms with Gasteiger partial charge in [-0.05, 0) is 30.7 Å². The van der Waals surface area contributed by atoms with Gasteiger partial charge in [0, 0.05) is 6.42 Å². The van der Waals surface area contributed by atoms with E-state index in [0.717, 1.165) is 12.8 Å². The zero-order valence-electron chi connectivity index (χ0n) is 19.5. The number of nitrogens with one attached hydrogen (secondary N) is 2. The maximum atomic E-state index is 10.8. The first kappa shape index (κ1) is 30.4. The molecule has 34 heavy (non-hydrogen) atoms. The van der Waals surface area contributed by atoms with Gasteiger partial charge in [0.2, 0.25) is 0 Å². The van der Waals surface area contributed by atoms with Crippen molar-refractivity contribution in [2.45, 2.75) is 58.3 Å². The highest BCUT2D eigenvalue weighted by atomic mass is 16.4. The number of unbranched alkanes of at least 4 members (excludes halogenated alkanes) is 6. The largest absolute Gasteiger partial charge is 0.507 e. The number of aromatic hydroxyl groups is 2. The van der Waals surface area contributed by atoms with E-state index in [4.69, 9.17) is 27.0 Å². The zero-order valence-corrected chi connectivity index (χ0v) is 19.5. The molecule has 0 unspecified atom stereocenters. The van der Waals surface area contributed by atoms with Crippen LogP contribution in [0.4, 0.5) is 0 Å². The van der Waals surface area contributed by atoms with Gasteiger partial charge in [-0.1, -0.05) is 69.7 Å². The molecule has 0 aliphatic rings. The first-order valence-electron chi connectivity index (χ1n) is 11.1. The lowest BCUT2D eigenvalue weighted by Gasteiger charge is -2.00. The van der Waals surface area contributed by atoms with Crippen LogP contribution < -0.4 is 22.5 Å². The number of carbonyl (C=O) groups excluding carboxylic acids is 2. The minimum Gasteiger partial charge on any atom is -0.507 e. The van der Waals surface area contributed by atoms with Crippen LogP contribution in [0.1, 0.15) is 79.0 Å². The summed E-state index contributed by atoms with van der Waals surface area (Å²) in [5.41, 5.74) is 4.20. The third-order valence-corrected chi connectivity index (χ3v) is 4.55. The number of amides is 2. The Morgan fingerprint density at radius 2 is 1.09 bits per heavy atom. The summed E-state index contributed by atoms with van der Waals surface area (Å²) >= 11 is 0. The van der Waals surface area contributed by atoms with Crippen LogP contribution in [-0.4, -0.2) is 33.1 Å². The molecule has 0 heterocycles. The Kier molecular flexibility index (Phi) is 16.9. The lowest BCUT2D eigenvalue weighted by molar-refractivity contribution is -0.137. The van der Waals surface area contributed by atoms with Gasteiger partial charge in [0.25, 0.3) is 11.8 Å². The number of phenols is 2. The topological polar surface area (TPSA) is 188 Å². The van der Waals surface area contributed by atoms with Crippen molar-refractivity contribution < 1.29 is 29.7 Å². The second-order valence-electron chi connectivity index (χ2n) is 7.25. The molecule has 0 saturated carbocycles. The normalized spacial score (nSPS) is 9.50. The first-order valence-corrected chi connectivity index (χ1v) is 11.1. The summed E-state index contributed by atoms with van der Waals surface area (Å²) in [6, 6.07) is 12.4. The lowest BCUT2D eigenvalue weighted by Crippen LogP contribution is -2.29. The van der Waals surface area contributed by atoms with E-state index in [-0.39, 0.29) is 22.6 Å². The van der Waals surface area contributed by atoms with E-state index in [1.54, 1.807) is 24.3 Å². The highest BCUT2D eigenvalue weighted by Gasteiger charge is 2.07. The highest BCUT2D eigenvalue weighted by Crippen LogP contribution is 2.15. The highest BCUT2D eigenvalue weighted by molar-refractivity contribution is 5.96. The van der Waals surface area contributed by atoms with Crippen LogP contribution in [0.15, 0.2) is 48.5 Å². The number of phenolic OH excluding ortho intramolecular Hbond substituents is 2. The van der Waals surface area contributed by atoms with E-state index >= 15 is 0 Å². The Bertz CT molecular complexity index is 819. The summed E-state index contributed by atoms with van der Waals surface area (Å²) in [5, 5.41) is 26.5. The third kappa shape index (κ3) is 13.7. The van der Waals surface area contributed by atoms with Gasteiger partial charge in [0.05, 0.1) is 11.1 Å². The molecule has 2 aromatic rings. The number of nitrogen functional groups attached to an aromatic ring is 2. The molecule has 188 valence electrons. The van der Waals surface area contributed by atoms with Crippen molar-refractivity contribution in [2.75, 3.05) is 0 Å². The van der Waals surface area contributed by atoms with Crippen LogP contribution in [0, 0.1) is 0 Å². The Hall–Kier alpha value is -3.63. The van der Waals surface area contributed by atoms with Crippen LogP contribution in [0.5, 0.6) is 11.5 Å². The molecular weight excluding hydrogens is 440 g/mol. The van der Waals surface area contributed by atoms with Crippen molar-refractivity contribution in [3.63, 3.8) is 0 Å². The molecule has 2 rings (SSSR count). The van der Waals surface area contributed by atoms with Crippen molar-refractivity contribution >= 4 is 17.8 Å². The molecule has 10 nitrogen and oxygen atoms in total. The smallest absolute Gasteiger partial charge is 0.303 e. The van der Waals surface area contributed by atoms with Gasteiger partial charge in [-0.3, -0.25) is 25.2 Å². The van der Waals surface area contributed by atoms with E-state index in [1.807, 2.05) is 10.9 Å². The van der Waals surface area contributed by atoms with Gasteiger partial charge in [-0.2, -0.15) is 0 Å². The van der Waals surface area contributed by atoms with Crippen LogP contribution in [0.3, 0.4) is 0 Å². The molecule has 10 heteroatoms. The van der Waals surface area contributed by atoms with Crippen LogP contribution in [0.2, 0.25) is 0 Å². The number of hydrazine groups is 2. The van der Waals surface area contributed by atoms with Gasteiger partial charge in [0.15, 0.2) is 0 Å². The second kappa shape index (κ2) is 18.9. The van der Waals surface area contributed by atoms with Crippen molar-refractivity contribution in [2.24, 2.45) is 11.7 Å². The maximum Gasteiger partial charge on any atom is 0.303 e. The fraction of sp³-hybridized carbons (Fsp3) is 0.375. The van der Waals surface area contributed by atoms with Gasteiger partial charge >= 0.3 is 5.97 Å². The summed E-state index contributed by atoms with van der Waals surface area (Å²) in [7, 11) is 0. The number of aliphatic carboxylic acids is 1. The summed E-state index contributed by atoms with van der Waals surface area (Å²) < 4.78 is 0. The fourth-order valence-corrected chi connectivity index (χ4v) is 2.72. The van der Waals surface area contributed by atoms with E-state index in [2.05, 4.69) is 6.92 Å².